The summed E-state index contributed by atoms with van der Waals surface area (Å²) in [4.78, 5) is 14.0. The lowest BCUT2D eigenvalue weighted by Gasteiger charge is -2.05. The highest BCUT2D eigenvalue weighted by molar-refractivity contribution is 5.90. The van der Waals surface area contributed by atoms with Crippen molar-refractivity contribution in [3.8, 4) is 11.6 Å². The van der Waals surface area contributed by atoms with Crippen LogP contribution in [0.1, 0.15) is 0 Å². The van der Waals surface area contributed by atoms with Gasteiger partial charge in [0.2, 0.25) is 5.88 Å². The fraction of sp³-hybridized carbons (Fsp3) is 0. The number of benzene rings is 2. The zero-order valence-corrected chi connectivity index (χ0v) is 8.92. The maximum absolute atomic E-state index is 11.6. The van der Waals surface area contributed by atoms with Gasteiger partial charge in [-0.1, -0.05) is 36.4 Å². The lowest BCUT2D eigenvalue weighted by Crippen LogP contribution is -2.14. The van der Waals surface area contributed by atoms with Crippen LogP contribution in [0.15, 0.2) is 53.5 Å². The third kappa shape index (κ3) is 1.50. The predicted molar refractivity (Wildman–Crippen MR) is 65.6 cm³/mol. The number of nitrogens with one attached hydrogen (secondary N) is 1. The first-order valence-electron chi connectivity index (χ1n) is 5.24. The van der Waals surface area contributed by atoms with Crippen molar-refractivity contribution in [2.24, 2.45) is 0 Å². The molecule has 1 heterocycles. The summed E-state index contributed by atoms with van der Waals surface area (Å²) < 4.78 is 1.40. The molecule has 0 aliphatic heterocycles. The summed E-state index contributed by atoms with van der Waals surface area (Å²) >= 11 is 0. The van der Waals surface area contributed by atoms with Crippen molar-refractivity contribution in [2.75, 3.05) is 0 Å². The Morgan fingerprint density at radius 1 is 1.06 bits per heavy atom. The number of aromatic hydroxyl groups is 1. The van der Waals surface area contributed by atoms with Crippen LogP contribution in [0.4, 0.5) is 0 Å². The summed E-state index contributed by atoms with van der Waals surface area (Å²) in [6, 6.07) is 13.5. The fourth-order valence-corrected chi connectivity index (χ4v) is 1.98. The molecule has 0 aliphatic rings. The van der Waals surface area contributed by atoms with Crippen molar-refractivity contribution in [1.29, 1.82) is 0 Å². The summed E-state index contributed by atoms with van der Waals surface area (Å²) in [5.74, 6) is -0.136. The van der Waals surface area contributed by atoms with Crippen LogP contribution in [0.2, 0.25) is 0 Å². The van der Waals surface area contributed by atoms with Gasteiger partial charge in [-0.25, -0.2) is 4.79 Å². The lowest BCUT2D eigenvalue weighted by atomic mass is 10.1. The van der Waals surface area contributed by atoms with Crippen LogP contribution in [0.5, 0.6) is 5.88 Å². The van der Waals surface area contributed by atoms with E-state index in [0.717, 1.165) is 16.5 Å². The van der Waals surface area contributed by atoms with Crippen LogP contribution in [-0.2, 0) is 0 Å². The molecule has 0 saturated carbocycles. The van der Waals surface area contributed by atoms with Gasteiger partial charge >= 0.3 is 5.69 Å². The molecule has 0 saturated heterocycles. The molecule has 84 valence electrons. The Labute approximate surface area is 96.8 Å². The topological polar surface area (TPSA) is 58.0 Å². The van der Waals surface area contributed by atoms with E-state index >= 15 is 0 Å². The summed E-state index contributed by atoms with van der Waals surface area (Å²) in [6.07, 6.45) is 1.38. The molecule has 2 N–H and O–H groups in total. The van der Waals surface area contributed by atoms with Gasteiger partial charge in [-0.2, -0.15) is 0 Å². The van der Waals surface area contributed by atoms with Crippen LogP contribution >= 0.6 is 0 Å². The van der Waals surface area contributed by atoms with Gasteiger partial charge in [-0.15, -0.1) is 0 Å². The number of hydrogen-bond acceptors (Lipinski definition) is 2. The van der Waals surface area contributed by atoms with Crippen LogP contribution in [-0.4, -0.2) is 14.7 Å². The Morgan fingerprint density at radius 3 is 2.59 bits per heavy atom. The van der Waals surface area contributed by atoms with E-state index in [1.54, 1.807) is 0 Å². The second-order valence-electron chi connectivity index (χ2n) is 3.81. The third-order valence-corrected chi connectivity index (χ3v) is 2.73. The maximum atomic E-state index is 11.6. The molecule has 4 nitrogen and oxygen atoms in total. The van der Waals surface area contributed by atoms with Crippen molar-refractivity contribution in [1.82, 2.24) is 9.55 Å². The van der Waals surface area contributed by atoms with E-state index in [2.05, 4.69) is 4.98 Å². The normalized spacial score (nSPS) is 10.8. The molecular formula is C13H10N2O2. The molecule has 3 rings (SSSR count). The maximum Gasteiger partial charge on any atom is 0.333 e. The molecule has 17 heavy (non-hydrogen) atoms. The van der Waals surface area contributed by atoms with E-state index < -0.39 is 0 Å². The number of imidazole rings is 1. The van der Waals surface area contributed by atoms with Crippen LogP contribution in [0.25, 0.3) is 16.5 Å². The summed E-state index contributed by atoms with van der Waals surface area (Å²) in [5.41, 5.74) is 0.406. The highest BCUT2D eigenvalue weighted by atomic mass is 16.3. The van der Waals surface area contributed by atoms with E-state index in [1.807, 2.05) is 42.5 Å². The first-order valence-corrected chi connectivity index (χ1v) is 5.24. The third-order valence-electron chi connectivity index (χ3n) is 2.73. The molecule has 0 spiro atoms. The van der Waals surface area contributed by atoms with Crippen LogP contribution < -0.4 is 5.69 Å². The van der Waals surface area contributed by atoms with Crippen molar-refractivity contribution >= 4 is 10.8 Å². The van der Waals surface area contributed by atoms with Gasteiger partial charge in [0.1, 0.15) is 0 Å². The van der Waals surface area contributed by atoms with Crippen molar-refractivity contribution < 1.29 is 5.11 Å². The van der Waals surface area contributed by atoms with Gasteiger partial charge in [0, 0.05) is 5.39 Å². The highest BCUT2D eigenvalue weighted by Crippen LogP contribution is 2.21. The number of H-pyrrole nitrogens is 1. The molecule has 0 amide bonds. The minimum atomic E-state index is -0.348. The van der Waals surface area contributed by atoms with E-state index in [-0.39, 0.29) is 11.6 Å². The van der Waals surface area contributed by atoms with Crippen LogP contribution in [0, 0.1) is 0 Å². The number of aromatic amines is 1. The number of aromatic nitrogens is 2. The van der Waals surface area contributed by atoms with Gasteiger partial charge in [-0.05, 0) is 11.5 Å². The highest BCUT2D eigenvalue weighted by Gasteiger charge is 2.06. The fourth-order valence-electron chi connectivity index (χ4n) is 1.98. The molecule has 3 aromatic rings. The number of rotatable bonds is 1. The Kier molecular flexibility index (Phi) is 2.01. The van der Waals surface area contributed by atoms with E-state index in [1.165, 1.54) is 10.8 Å². The Hall–Kier alpha value is -2.49. The van der Waals surface area contributed by atoms with Crippen molar-refractivity contribution in [2.45, 2.75) is 0 Å². The van der Waals surface area contributed by atoms with Gasteiger partial charge < -0.3 is 5.11 Å². The van der Waals surface area contributed by atoms with Gasteiger partial charge in [0.25, 0.3) is 0 Å². The SMILES string of the molecule is O=c1[nH]c(O)cn1-c1cccc2ccccc12. The van der Waals surface area contributed by atoms with Gasteiger partial charge in [-0.3, -0.25) is 9.55 Å². The molecule has 1 aromatic heterocycles. The van der Waals surface area contributed by atoms with Crippen molar-refractivity contribution in [3.63, 3.8) is 0 Å². The Balaban J connectivity index is 2.38. The summed E-state index contributed by atoms with van der Waals surface area (Å²) in [6.45, 7) is 0. The second-order valence-corrected chi connectivity index (χ2v) is 3.81. The van der Waals surface area contributed by atoms with Crippen molar-refractivity contribution in [3.05, 3.63) is 59.1 Å². The van der Waals surface area contributed by atoms with E-state index in [0.29, 0.717) is 0 Å². The van der Waals surface area contributed by atoms with Gasteiger partial charge in [0.05, 0.1) is 11.9 Å². The Morgan fingerprint density at radius 2 is 1.82 bits per heavy atom. The summed E-state index contributed by atoms with van der Waals surface area (Å²) in [5, 5.41) is 11.3. The molecule has 0 atom stereocenters. The standard InChI is InChI=1S/C13H10N2O2/c16-12-8-15(13(17)14-12)11-7-3-5-9-4-1-2-6-10(9)11/h1-8,16H,(H,14,17). The quantitative estimate of drug-likeness (QED) is 0.667. The predicted octanol–water partition coefficient (Wildman–Crippen LogP) is 2.02. The molecule has 0 fully saturated rings. The first kappa shape index (κ1) is 9.72. The molecule has 2 aromatic carbocycles. The minimum absolute atomic E-state index is 0.136. The number of hydrogen-bond donors (Lipinski definition) is 2. The molecule has 0 bridgehead atoms. The molecule has 0 aliphatic carbocycles. The molecule has 0 radical (unpaired) electrons. The van der Waals surface area contributed by atoms with E-state index in [4.69, 9.17) is 0 Å². The zero-order chi connectivity index (χ0) is 11.8. The minimum Gasteiger partial charge on any atom is -0.493 e. The number of nitrogens with zero attached hydrogens (tertiary/aromatic N) is 1. The monoisotopic (exact) mass is 226 g/mol. The lowest BCUT2D eigenvalue weighted by molar-refractivity contribution is 0.455. The first-order chi connectivity index (χ1) is 8.25. The van der Waals surface area contributed by atoms with Crippen LogP contribution in [0.3, 0.4) is 0 Å². The molecule has 4 heteroatoms. The number of fused-ring (bicyclic) bond motifs is 1. The average molecular weight is 226 g/mol. The summed E-state index contributed by atoms with van der Waals surface area (Å²) in [7, 11) is 0. The van der Waals surface area contributed by atoms with E-state index in [9.17, 15) is 9.90 Å². The molecule has 0 unspecified atom stereocenters. The Bertz CT molecular complexity index is 735. The molecular weight excluding hydrogens is 216 g/mol. The smallest absolute Gasteiger partial charge is 0.333 e. The average Bonchev–Trinajstić information content (AvgIpc) is 2.68. The zero-order valence-electron chi connectivity index (χ0n) is 8.92. The van der Waals surface area contributed by atoms with Gasteiger partial charge in [0.15, 0.2) is 0 Å². The second kappa shape index (κ2) is 3.52. The largest absolute Gasteiger partial charge is 0.493 e.